The number of carbonyl (C=O) groups excluding carboxylic acids is 1. The summed E-state index contributed by atoms with van der Waals surface area (Å²) in [5.41, 5.74) is 0. The molecule has 24 heavy (non-hydrogen) atoms. The number of hydrogen-bond acceptors (Lipinski definition) is 4. The van der Waals surface area contributed by atoms with Gasteiger partial charge < -0.3 is 15.2 Å². The van der Waals surface area contributed by atoms with Gasteiger partial charge in [0.2, 0.25) is 5.91 Å². The first-order valence-corrected chi connectivity index (χ1v) is 9.28. The summed E-state index contributed by atoms with van der Waals surface area (Å²) < 4.78 is 4.76. The van der Waals surface area contributed by atoms with Crippen LogP contribution in [0.15, 0.2) is 0 Å². The summed E-state index contributed by atoms with van der Waals surface area (Å²) in [6, 6.07) is 0.810. The van der Waals surface area contributed by atoms with Crippen molar-refractivity contribution in [3.05, 3.63) is 0 Å². The molecule has 148 valence electrons. The molecule has 0 aromatic rings. The first-order valence-electron chi connectivity index (χ1n) is 9.28. The summed E-state index contributed by atoms with van der Waals surface area (Å²) in [7, 11) is 1.61. The molecule has 0 spiro atoms. The van der Waals surface area contributed by atoms with Crippen molar-refractivity contribution in [2.24, 2.45) is 11.8 Å². The number of aliphatic hydroxyl groups excluding tert-OH is 1. The lowest BCUT2D eigenvalue weighted by Gasteiger charge is -2.36. The predicted molar refractivity (Wildman–Crippen MR) is 104 cm³/mol. The summed E-state index contributed by atoms with van der Waals surface area (Å²) in [5.74, 6) is 0.448. The minimum absolute atomic E-state index is 0.0665. The molecule has 1 atom stereocenters. The van der Waals surface area contributed by atoms with Crippen LogP contribution in [-0.2, 0) is 9.53 Å². The Bertz CT molecular complexity index is 272. The molecule has 2 N–H and O–H groups in total. The molecule has 0 aromatic carbocycles. The molecule has 0 aliphatic rings. The Kier molecular flexibility index (Phi) is 20.2. The number of methoxy groups -OCH3 is 1. The van der Waals surface area contributed by atoms with Gasteiger partial charge in [-0.25, -0.2) is 0 Å². The predicted octanol–water partition coefficient (Wildman–Crippen LogP) is 3.51. The lowest BCUT2D eigenvalue weighted by atomic mass is 10.1. The smallest absolute Gasteiger partial charge is 0.222 e. The quantitative estimate of drug-likeness (QED) is 0.520. The molecule has 1 unspecified atom stereocenters. The normalized spacial score (nSPS) is 12.0. The fourth-order valence-electron chi connectivity index (χ4n) is 2.03. The van der Waals surface area contributed by atoms with E-state index in [1.807, 2.05) is 41.5 Å². The highest BCUT2D eigenvalue weighted by Gasteiger charge is 2.23. The van der Waals surface area contributed by atoms with E-state index in [4.69, 9.17) is 4.74 Å². The van der Waals surface area contributed by atoms with Crippen LogP contribution in [0.5, 0.6) is 0 Å². The molecule has 5 heteroatoms. The van der Waals surface area contributed by atoms with Crippen LogP contribution in [0.3, 0.4) is 0 Å². The Morgan fingerprint density at radius 1 is 1.00 bits per heavy atom. The van der Waals surface area contributed by atoms with Crippen molar-refractivity contribution in [2.75, 3.05) is 20.3 Å². The topological polar surface area (TPSA) is 61.8 Å². The van der Waals surface area contributed by atoms with Crippen molar-refractivity contribution in [1.82, 2.24) is 10.2 Å². The van der Waals surface area contributed by atoms with Gasteiger partial charge in [0.05, 0.1) is 6.61 Å². The van der Waals surface area contributed by atoms with Crippen LogP contribution in [-0.4, -0.2) is 54.5 Å². The van der Waals surface area contributed by atoms with Crippen molar-refractivity contribution in [3.63, 3.8) is 0 Å². The van der Waals surface area contributed by atoms with Gasteiger partial charge in [0.1, 0.15) is 6.23 Å². The van der Waals surface area contributed by atoms with E-state index in [-0.39, 0.29) is 18.1 Å². The zero-order valence-corrected chi connectivity index (χ0v) is 18.0. The van der Waals surface area contributed by atoms with Gasteiger partial charge in [0.25, 0.3) is 0 Å². The van der Waals surface area contributed by atoms with Crippen LogP contribution in [0.2, 0.25) is 0 Å². The van der Waals surface area contributed by atoms with Gasteiger partial charge in [-0.1, -0.05) is 41.5 Å². The van der Waals surface area contributed by atoms with Gasteiger partial charge >= 0.3 is 0 Å². The largest absolute Gasteiger partial charge is 0.383 e. The molecule has 0 fully saturated rings. The second kappa shape index (κ2) is 17.2. The Morgan fingerprint density at radius 3 is 1.62 bits per heavy atom. The molecule has 0 bridgehead atoms. The van der Waals surface area contributed by atoms with E-state index < -0.39 is 0 Å². The first-order chi connectivity index (χ1) is 11.1. The van der Waals surface area contributed by atoms with Gasteiger partial charge in [-0.2, -0.15) is 0 Å². The minimum atomic E-state index is -0.315. The molecule has 0 saturated carbocycles. The van der Waals surface area contributed by atoms with Crippen molar-refractivity contribution in [3.8, 4) is 0 Å². The average molecular weight is 349 g/mol. The third-order valence-electron chi connectivity index (χ3n) is 3.22. The third-order valence-corrected chi connectivity index (χ3v) is 3.22. The van der Waals surface area contributed by atoms with Crippen molar-refractivity contribution < 1.29 is 14.6 Å². The minimum Gasteiger partial charge on any atom is -0.383 e. The highest BCUT2D eigenvalue weighted by Crippen LogP contribution is 2.14. The Balaban J connectivity index is -0.000000337. The maximum absolute atomic E-state index is 10.9. The van der Waals surface area contributed by atoms with E-state index in [2.05, 4.69) is 37.9 Å². The van der Waals surface area contributed by atoms with Crippen molar-refractivity contribution in [1.29, 1.82) is 0 Å². The second-order valence-electron chi connectivity index (χ2n) is 6.73. The van der Waals surface area contributed by atoms with E-state index in [0.29, 0.717) is 31.2 Å². The average Bonchev–Trinajstić information content (AvgIpc) is 2.49. The molecule has 0 radical (unpaired) electrons. The SMILES string of the molecule is CC.CC(C)C(O)N(C(C)C)C(C)C.COCCNC(=O)C(C)C. The van der Waals surface area contributed by atoms with Gasteiger partial charge in [0.15, 0.2) is 0 Å². The second-order valence-corrected chi connectivity index (χ2v) is 6.73. The molecule has 0 saturated heterocycles. The number of nitrogens with zero attached hydrogens (tertiary/aromatic N) is 1. The number of rotatable bonds is 8. The van der Waals surface area contributed by atoms with Gasteiger partial charge in [-0.3, -0.25) is 9.69 Å². The lowest BCUT2D eigenvalue weighted by Crippen LogP contribution is -2.47. The van der Waals surface area contributed by atoms with E-state index >= 15 is 0 Å². The summed E-state index contributed by atoms with van der Waals surface area (Å²) in [6.07, 6.45) is -0.315. The maximum atomic E-state index is 10.9. The standard InChI is InChI=1S/C10H23NO.C7H15NO2.C2H6/c1-7(2)10(12)11(8(3)4)9(5)6;1-6(2)7(9)8-4-5-10-3;1-2/h7-10,12H,1-6H3;6H,4-5H2,1-3H3,(H,8,9);1-2H3. The molecule has 0 aliphatic heterocycles. The van der Waals surface area contributed by atoms with Crippen LogP contribution in [0, 0.1) is 11.8 Å². The fourth-order valence-corrected chi connectivity index (χ4v) is 2.03. The molecular formula is C19H44N2O3. The molecule has 0 rings (SSSR count). The van der Waals surface area contributed by atoms with Gasteiger partial charge in [-0.05, 0) is 33.6 Å². The monoisotopic (exact) mass is 348 g/mol. The lowest BCUT2D eigenvalue weighted by molar-refractivity contribution is -0.124. The first kappa shape index (κ1) is 28.2. The maximum Gasteiger partial charge on any atom is 0.222 e. The van der Waals surface area contributed by atoms with E-state index in [1.165, 1.54) is 0 Å². The number of amides is 1. The van der Waals surface area contributed by atoms with Gasteiger partial charge in [0, 0.05) is 31.7 Å². The third kappa shape index (κ3) is 14.9. The van der Waals surface area contributed by atoms with Crippen LogP contribution >= 0.6 is 0 Å². The van der Waals surface area contributed by atoms with Crippen LogP contribution in [0.25, 0.3) is 0 Å². The van der Waals surface area contributed by atoms with Crippen LogP contribution in [0.1, 0.15) is 69.2 Å². The van der Waals surface area contributed by atoms with Crippen LogP contribution < -0.4 is 5.32 Å². The summed E-state index contributed by atoms with van der Waals surface area (Å²) in [5, 5.41) is 12.6. The number of ether oxygens (including phenoxy) is 1. The molecule has 5 nitrogen and oxygen atoms in total. The molecule has 0 aromatic heterocycles. The van der Waals surface area contributed by atoms with Crippen molar-refractivity contribution >= 4 is 5.91 Å². The summed E-state index contributed by atoms with van der Waals surface area (Å²) >= 11 is 0. The number of carbonyl (C=O) groups is 1. The Labute approximate surface area is 151 Å². The van der Waals surface area contributed by atoms with Crippen molar-refractivity contribution in [2.45, 2.75) is 87.5 Å². The highest BCUT2D eigenvalue weighted by molar-refractivity contribution is 5.77. The number of hydrogen-bond donors (Lipinski definition) is 2. The fraction of sp³-hybridized carbons (Fsp3) is 0.947. The van der Waals surface area contributed by atoms with E-state index in [0.717, 1.165) is 0 Å². The molecular weight excluding hydrogens is 304 g/mol. The van der Waals surface area contributed by atoms with Crippen LogP contribution in [0.4, 0.5) is 0 Å². The zero-order chi connectivity index (χ0) is 19.9. The Hall–Kier alpha value is -0.650. The number of nitrogens with one attached hydrogen (secondary N) is 1. The molecule has 0 heterocycles. The molecule has 0 aliphatic carbocycles. The summed E-state index contributed by atoms with van der Waals surface area (Å²) in [4.78, 5) is 13.0. The zero-order valence-electron chi connectivity index (χ0n) is 18.0. The molecule has 1 amide bonds. The summed E-state index contributed by atoms with van der Waals surface area (Å²) in [6.45, 7) is 21.5. The Morgan fingerprint density at radius 2 is 1.42 bits per heavy atom. The highest BCUT2D eigenvalue weighted by atomic mass is 16.5. The van der Waals surface area contributed by atoms with E-state index in [9.17, 15) is 9.90 Å². The number of aliphatic hydroxyl groups is 1. The van der Waals surface area contributed by atoms with E-state index in [1.54, 1.807) is 7.11 Å². The van der Waals surface area contributed by atoms with Gasteiger partial charge in [-0.15, -0.1) is 0 Å².